The molecule has 2 rings (SSSR count). The fraction of sp³-hybridized carbons (Fsp3) is 0.444. The van der Waals surface area contributed by atoms with Crippen molar-refractivity contribution in [2.24, 2.45) is 0 Å². The average Bonchev–Trinajstić information content (AvgIpc) is 2.42. The number of hydrogen-bond donors (Lipinski definition) is 2. The number of hydrogen-bond acceptors (Lipinski definition) is 4. The summed E-state index contributed by atoms with van der Waals surface area (Å²) >= 11 is 0. The van der Waals surface area contributed by atoms with Crippen LogP contribution < -0.4 is 5.73 Å². The first kappa shape index (κ1) is 17.1. The van der Waals surface area contributed by atoms with E-state index in [9.17, 15) is 14.7 Å². The molecule has 5 nitrogen and oxygen atoms in total. The summed E-state index contributed by atoms with van der Waals surface area (Å²) < 4.78 is 5.21. The van der Waals surface area contributed by atoms with Gasteiger partial charge in [-0.25, -0.2) is 9.59 Å². The number of carbonyl (C=O) groups is 2. The van der Waals surface area contributed by atoms with Gasteiger partial charge in [-0.2, -0.15) is 0 Å². The van der Waals surface area contributed by atoms with E-state index in [0.29, 0.717) is 5.56 Å². The van der Waals surface area contributed by atoms with Crippen LogP contribution in [0.5, 0.6) is 0 Å². The second-order valence-corrected chi connectivity index (χ2v) is 6.77. The Morgan fingerprint density at radius 1 is 1.26 bits per heavy atom. The van der Waals surface area contributed by atoms with E-state index < -0.39 is 17.5 Å². The second kappa shape index (κ2) is 6.44. The molecule has 23 heavy (non-hydrogen) atoms. The van der Waals surface area contributed by atoms with Gasteiger partial charge in [0.25, 0.3) is 0 Å². The number of carboxylic acid groups (broad SMARTS) is 1. The minimum atomic E-state index is -1.02. The van der Waals surface area contributed by atoms with Crippen LogP contribution in [0.25, 0.3) is 6.08 Å². The number of benzene rings is 1. The predicted octanol–water partition coefficient (Wildman–Crippen LogP) is 3.20. The van der Waals surface area contributed by atoms with Crippen molar-refractivity contribution in [2.45, 2.75) is 52.1 Å². The first-order chi connectivity index (χ1) is 10.7. The summed E-state index contributed by atoms with van der Waals surface area (Å²) in [5.41, 5.74) is 8.23. The highest BCUT2D eigenvalue weighted by atomic mass is 16.6. The quantitative estimate of drug-likeness (QED) is 0.507. The number of rotatable bonds is 3. The molecule has 0 heterocycles. The Bertz CT molecular complexity index is 669. The van der Waals surface area contributed by atoms with Crippen molar-refractivity contribution in [3.8, 4) is 0 Å². The van der Waals surface area contributed by atoms with Gasteiger partial charge < -0.3 is 15.6 Å². The normalized spacial score (nSPS) is 14.6. The maximum atomic E-state index is 11.8. The van der Waals surface area contributed by atoms with Crippen molar-refractivity contribution >= 4 is 23.7 Å². The number of carboxylic acids is 1. The van der Waals surface area contributed by atoms with Gasteiger partial charge in [-0.3, -0.25) is 0 Å². The minimum Gasteiger partial charge on any atom is -0.478 e. The summed E-state index contributed by atoms with van der Waals surface area (Å²) in [6.07, 6.45) is 6.40. The van der Waals surface area contributed by atoms with Crippen LogP contribution in [-0.4, -0.2) is 22.6 Å². The van der Waals surface area contributed by atoms with Crippen LogP contribution in [0.1, 0.15) is 60.7 Å². The minimum absolute atomic E-state index is 0.172. The molecule has 1 aliphatic rings. The van der Waals surface area contributed by atoms with Crippen LogP contribution in [0.3, 0.4) is 0 Å². The fourth-order valence-corrected chi connectivity index (χ4v) is 2.82. The number of esters is 1. The number of carbonyl (C=O) groups excluding carboxylic acids is 1. The Hall–Kier alpha value is -2.30. The van der Waals surface area contributed by atoms with Crippen LogP contribution in [-0.2, 0) is 22.4 Å². The van der Waals surface area contributed by atoms with E-state index in [1.807, 2.05) is 6.07 Å². The Balaban J connectivity index is 2.38. The maximum Gasteiger partial charge on any atom is 0.338 e. The van der Waals surface area contributed by atoms with Crippen LogP contribution >= 0.6 is 0 Å². The van der Waals surface area contributed by atoms with Crippen LogP contribution in [0.4, 0.5) is 5.69 Å². The van der Waals surface area contributed by atoms with E-state index in [0.717, 1.165) is 36.8 Å². The van der Waals surface area contributed by atoms with Gasteiger partial charge in [0.15, 0.2) is 0 Å². The number of fused-ring (bicyclic) bond motifs is 1. The van der Waals surface area contributed by atoms with Gasteiger partial charge in [-0.1, -0.05) is 0 Å². The molecule has 1 aromatic carbocycles. The summed E-state index contributed by atoms with van der Waals surface area (Å²) in [5, 5.41) is 9.48. The van der Waals surface area contributed by atoms with Crippen molar-refractivity contribution in [1.29, 1.82) is 0 Å². The number of aromatic carboxylic acids is 1. The number of nitrogens with two attached hydrogens (primary N) is 1. The Kier molecular flexibility index (Phi) is 4.78. The van der Waals surface area contributed by atoms with Crippen LogP contribution in [0.15, 0.2) is 12.1 Å². The molecule has 0 aromatic heterocycles. The standard InChI is InChI=1S/C18H23NO4/c1-18(2,3)23-14(20)9-8-12-10-11-6-4-5-7-13(11)15(16(12)19)17(21)22/h8-10H,4-7,19H2,1-3H3,(H,21,22). The highest BCUT2D eigenvalue weighted by Crippen LogP contribution is 2.32. The SMILES string of the molecule is CC(C)(C)OC(=O)C=Cc1cc2c(c(C(=O)O)c1N)CCCC2. The first-order valence-electron chi connectivity index (χ1n) is 7.77. The zero-order valence-electron chi connectivity index (χ0n) is 13.8. The van der Waals surface area contributed by atoms with E-state index >= 15 is 0 Å². The molecule has 0 fully saturated rings. The maximum absolute atomic E-state index is 11.8. The van der Waals surface area contributed by atoms with Gasteiger partial charge in [-0.15, -0.1) is 0 Å². The van der Waals surface area contributed by atoms with Crippen molar-refractivity contribution < 1.29 is 19.4 Å². The molecule has 5 heteroatoms. The summed E-state index contributed by atoms with van der Waals surface area (Å²) in [6, 6.07) is 1.89. The lowest BCUT2D eigenvalue weighted by atomic mass is 9.85. The van der Waals surface area contributed by atoms with E-state index in [1.54, 1.807) is 20.8 Å². The monoisotopic (exact) mass is 317 g/mol. The highest BCUT2D eigenvalue weighted by molar-refractivity contribution is 5.99. The van der Waals surface area contributed by atoms with E-state index in [1.165, 1.54) is 12.2 Å². The number of ether oxygens (including phenoxy) is 1. The third-order valence-corrected chi connectivity index (χ3v) is 3.74. The molecule has 0 saturated heterocycles. The summed E-state index contributed by atoms with van der Waals surface area (Å²) in [6.45, 7) is 5.36. The molecule has 1 aliphatic carbocycles. The molecule has 1 aromatic rings. The molecule has 0 saturated carbocycles. The molecule has 0 spiro atoms. The third-order valence-electron chi connectivity index (χ3n) is 3.74. The first-order valence-corrected chi connectivity index (χ1v) is 7.77. The number of nitrogen functional groups attached to an aromatic ring is 1. The molecule has 0 amide bonds. The highest BCUT2D eigenvalue weighted by Gasteiger charge is 2.22. The van der Waals surface area contributed by atoms with Gasteiger partial charge in [-0.05, 0) is 75.3 Å². The molecular weight excluding hydrogens is 294 g/mol. The smallest absolute Gasteiger partial charge is 0.338 e. The topological polar surface area (TPSA) is 89.6 Å². The van der Waals surface area contributed by atoms with Gasteiger partial charge in [0.05, 0.1) is 11.3 Å². The van der Waals surface area contributed by atoms with Gasteiger partial charge in [0, 0.05) is 6.08 Å². The average molecular weight is 317 g/mol. The van der Waals surface area contributed by atoms with Crippen molar-refractivity contribution in [1.82, 2.24) is 0 Å². The van der Waals surface area contributed by atoms with Crippen molar-refractivity contribution in [3.05, 3.63) is 34.4 Å². The Morgan fingerprint density at radius 2 is 1.91 bits per heavy atom. The zero-order valence-corrected chi connectivity index (χ0v) is 13.8. The molecule has 3 N–H and O–H groups in total. The summed E-state index contributed by atoms with van der Waals surface area (Å²) in [7, 11) is 0. The molecule has 0 aliphatic heterocycles. The molecule has 124 valence electrons. The van der Waals surface area contributed by atoms with E-state index in [4.69, 9.17) is 10.5 Å². The number of anilines is 1. The zero-order chi connectivity index (χ0) is 17.2. The molecule has 0 radical (unpaired) electrons. The summed E-state index contributed by atoms with van der Waals surface area (Å²) in [4.78, 5) is 23.4. The lowest BCUT2D eigenvalue weighted by Gasteiger charge is -2.21. The number of aryl methyl sites for hydroxylation is 1. The lowest BCUT2D eigenvalue weighted by molar-refractivity contribution is -0.148. The third kappa shape index (κ3) is 4.12. The lowest BCUT2D eigenvalue weighted by Crippen LogP contribution is -2.22. The Morgan fingerprint density at radius 3 is 2.52 bits per heavy atom. The van der Waals surface area contributed by atoms with E-state index in [2.05, 4.69) is 0 Å². The predicted molar refractivity (Wildman–Crippen MR) is 89.3 cm³/mol. The van der Waals surface area contributed by atoms with Gasteiger partial charge >= 0.3 is 11.9 Å². The summed E-state index contributed by atoms with van der Waals surface area (Å²) in [5.74, 6) is -1.50. The van der Waals surface area contributed by atoms with Gasteiger partial charge in [0.1, 0.15) is 5.60 Å². The van der Waals surface area contributed by atoms with Crippen LogP contribution in [0.2, 0.25) is 0 Å². The van der Waals surface area contributed by atoms with E-state index in [-0.39, 0.29) is 11.3 Å². The Labute approximate surface area is 136 Å². The second-order valence-electron chi connectivity index (χ2n) is 6.77. The van der Waals surface area contributed by atoms with Crippen molar-refractivity contribution in [3.63, 3.8) is 0 Å². The fourth-order valence-electron chi connectivity index (χ4n) is 2.82. The molecule has 0 atom stereocenters. The molecular formula is C18H23NO4. The van der Waals surface area contributed by atoms with Gasteiger partial charge in [0.2, 0.25) is 0 Å². The van der Waals surface area contributed by atoms with Crippen molar-refractivity contribution in [2.75, 3.05) is 5.73 Å². The van der Waals surface area contributed by atoms with Crippen LogP contribution in [0, 0.1) is 0 Å². The largest absolute Gasteiger partial charge is 0.478 e. The molecule has 0 bridgehead atoms. The molecule has 0 unspecified atom stereocenters.